The lowest BCUT2D eigenvalue weighted by atomic mass is 9.95. The molecule has 2 aromatic rings. The van der Waals surface area contributed by atoms with E-state index in [1.54, 1.807) is 0 Å². The van der Waals surface area contributed by atoms with Gasteiger partial charge < -0.3 is 9.84 Å². The van der Waals surface area contributed by atoms with Gasteiger partial charge in [-0.25, -0.2) is 0 Å². The van der Waals surface area contributed by atoms with Crippen LogP contribution in [0.5, 0.6) is 0 Å². The third kappa shape index (κ3) is 5.39. The standard InChI is InChI=1S/C21H30N4O2/c1-3-4-10-19-23-21(27-24-19)16(2)25-13-11-18(12-14-25)20(26)22-15-17-8-6-5-7-9-17/h5-9,16,18H,3-4,10-15H2,1-2H3,(H,22,26). The minimum Gasteiger partial charge on any atom is -0.352 e. The van der Waals surface area contributed by atoms with E-state index in [9.17, 15) is 4.79 Å². The molecule has 0 aliphatic carbocycles. The molecule has 3 rings (SSSR count). The van der Waals surface area contributed by atoms with E-state index >= 15 is 0 Å². The molecule has 0 bridgehead atoms. The van der Waals surface area contributed by atoms with Gasteiger partial charge in [0.05, 0.1) is 6.04 Å². The predicted octanol–water partition coefficient (Wildman–Crippen LogP) is 3.50. The van der Waals surface area contributed by atoms with Gasteiger partial charge in [-0.2, -0.15) is 4.98 Å². The summed E-state index contributed by atoms with van der Waals surface area (Å²) in [5, 5.41) is 7.16. The number of hydrogen-bond donors (Lipinski definition) is 1. The van der Waals surface area contributed by atoms with Crippen molar-refractivity contribution in [2.24, 2.45) is 5.92 Å². The zero-order chi connectivity index (χ0) is 19.1. The highest BCUT2D eigenvalue weighted by Crippen LogP contribution is 2.26. The largest absolute Gasteiger partial charge is 0.352 e. The number of rotatable bonds is 8. The van der Waals surface area contributed by atoms with Crippen LogP contribution in [0.25, 0.3) is 0 Å². The van der Waals surface area contributed by atoms with Gasteiger partial charge >= 0.3 is 0 Å². The maximum absolute atomic E-state index is 12.5. The average molecular weight is 370 g/mol. The normalized spacial score (nSPS) is 17.0. The van der Waals surface area contributed by atoms with Gasteiger partial charge in [-0.15, -0.1) is 0 Å². The first kappa shape index (κ1) is 19.5. The maximum Gasteiger partial charge on any atom is 0.243 e. The number of unbranched alkanes of at least 4 members (excludes halogenated alkanes) is 1. The van der Waals surface area contributed by atoms with E-state index in [2.05, 4.69) is 34.2 Å². The highest BCUT2D eigenvalue weighted by Gasteiger charge is 2.29. The Morgan fingerprint density at radius 2 is 2.04 bits per heavy atom. The maximum atomic E-state index is 12.5. The molecule has 1 saturated heterocycles. The molecule has 1 atom stereocenters. The Morgan fingerprint density at radius 3 is 2.74 bits per heavy atom. The third-order valence-electron chi connectivity index (χ3n) is 5.35. The summed E-state index contributed by atoms with van der Waals surface area (Å²) in [5.74, 6) is 1.73. The molecule has 1 amide bonds. The second kappa shape index (κ2) is 9.65. The fraction of sp³-hybridized carbons (Fsp3) is 0.571. The molecule has 1 aliphatic heterocycles. The number of piperidine rings is 1. The van der Waals surface area contributed by atoms with E-state index in [4.69, 9.17) is 4.52 Å². The van der Waals surface area contributed by atoms with Crippen molar-refractivity contribution in [2.75, 3.05) is 13.1 Å². The van der Waals surface area contributed by atoms with E-state index in [0.29, 0.717) is 12.4 Å². The van der Waals surface area contributed by atoms with Crippen LogP contribution in [0.4, 0.5) is 0 Å². The summed E-state index contributed by atoms with van der Waals surface area (Å²) in [6.45, 7) is 6.60. The minimum atomic E-state index is 0.0833. The molecule has 1 aromatic carbocycles. The van der Waals surface area contributed by atoms with Crippen LogP contribution >= 0.6 is 0 Å². The lowest BCUT2D eigenvalue weighted by Gasteiger charge is -2.33. The molecule has 1 unspecified atom stereocenters. The Hall–Kier alpha value is -2.21. The van der Waals surface area contributed by atoms with Crippen molar-refractivity contribution >= 4 is 5.91 Å². The Bertz CT molecular complexity index is 708. The van der Waals surface area contributed by atoms with E-state index in [1.807, 2.05) is 30.3 Å². The Morgan fingerprint density at radius 1 is 1.30 bits per heavy atom. The molecule has 0 radical (unpaired) electrons. The number of amides is 1. The molecule has 0 spiro atoms. The van der Waals surface area contributed by atoms with E-state index in [-0.39, 0.29) is 17.9 Å². The predicted molar refractivity (Wildman–Crippen MR) is 104 cm³/mol. The zero-order valence-electron chi connectivity index (χ0n) is 16.4. The number of carbonyl (C=O) groups excluding carboxylic acids is 1. The van der Waals surface area contributed by atoms with Crippen LogP contribution in [-0.4, -0.2) is 34.0 Å². The summed E-state index contributed by atoms with van der Waals surface area (Å²) >= 11 is 0. The van der Waals surface area contributed by atoms with Gasteiger partial charge in [0.25, 0.3) is 0 Å². The van der Waals surface area contributed by atoms with Gasteiger partial charge in [-0.05, 0) is 44.8 Å². The Balaban J connectivity index is 1.45. The summed E-state index contributed by atoms with van der Waals surface area (Å²) in [5.41, 5.74) is 1.13. The molecule has 27 heavy (non-hydrogen) atoms. The second-order valence-corrected chi connectivity index (χ2v) is 7.34. The fourth-order valence-corrected chi connectivity index (χ4v) is 3.51. The minimum absolute atomic E-state index is 0.0833. The second-order valence-electron chi connectivity index (χ2n) is 7.34. The highest BCUT2D eigenvalue weighted by molar-refractivity contribution is 5.78. The molecule has 1 aromatic heterocycles. The van der Waals surface area contributed by atoms with Gasteiger partial charge in [0, 0.05) is 18.9 Å². The quantitative estimate of drug-likeness (QED) is 0.770. The van der Waals surface area contributed by atoms with Gasteiger partial charge in [0.1, 0.15) is 0 Å². The Kier molecular flexibility index (Phi) is 6.98. The number of benzene rings is 1. The SMILES string of the molecule is CCCCc1noc(C(C)N2CCC(C(=O)NCc3ccccc3)CC2)n1. The molecular weight excluding hydrogens is 340 g/mol. The molecule has 0 saturated carbocycles. The lowest BCUT2D eigenvalue weighted by molar-refractivity contribution is -0.126. The van der Waals surface area contributed by atoms with Crippen molar-refractivity contribution in [3.8, 4) is 0 Å². The molecule has 6 nitrogen and oxygen atoms in total. The smallest absolute Gasteiger partial charge is 0.243 e. The first-order chi connectivity index (χ1) is 13.2. The number of hydrogen-bond acceptors (Lipinski definition) is 5. The van der Waals surface area contributed by atoms with Crippen LogP contribution in [0.1, 0.15) is 62.9 Å². The summed E-state index contributed by atoms with van der Waals surface area (Å²) in [6, 6.07) is 10.1. The molecule has 1 fully saturated rings. The summed E-state index contributed by atoms with van der Waals surface area (Å²) in [7, 11) is 0. The molecular formula is C21H30N4O2. The van der Waals surface area contributed by atoms with Crippen LogP contribution in [0.3, 0.4) is 0 Å². The molecule has 2 heterocycles. The van der Waals surface area contributed by atoms with Crippen LogP contribution in [0, 0.1) is 5.92 Å². The van der Waals surface area contributed by atoms with E-state index in [1.165, 1.54) is 0 Å². The van der Waals surface area contributed by atoms with Crippen molar-refractivity contribution in [1.29, 1.82) is 0 Å². The van der Waals surface area contributed by atoms with Crippen molar-refractivity contribution in [3.05, 3.63) is 47.6 Å². The first-order valence-corrected chi connectivity index (χ1v) is 10.1. The Labute approximate surface area is 161 Å². The van der Waals surface area contributed by atoms with Crippen molar-refractivity contribution in [3.63, 3.8) is 0 Å². The molecule has 6 heteroatoms. The molecule has 146 valence electrons. The van der Waals surface area contributed by atoms with E-state index < -0.39 is 0 Å². The fourth-order valence-electron chi connectivity index (χ4n) is 3.51. The number of carbonyl (C=O) groups is 1. The number of aromatic nitrogens is 2. The summed E-state index contributed by atoms with van der Waals surface area (Å²) in [4.78, 5) is 19.3. The van der Waals surface area contributed by atoms with Gasteiger partial charge in [-0.1, -0.05) is 48.8 Å². The molecule has 1 aliphatic rings. The first-order valence-electron chi connectivity index (χ1n) is 10.1. The average Bonchev–Trinajstić information content (AvgIpc) is 3.20. The van der Waals surface area contributed by atoms with Crippen LogP contribution < -0.4 is 5.32 Å². The van der Waals surface area contributed by atoms with Crippen molar-refractivity contribution < 1.29 is 9.32 Å². The van der Waals surface area contributed by atoms with E-state index in [0.717, 1.165) is 56.6 Å². The van der Waals surface area contributed by atoms with Crippen LogP contribution in [0.2, 0.25) is 0 Å². The van der Waals surface area contributed by atoms with Crippen LogP contribution in [0.15, 0.2) is 34.9 Å². The highest BCUT2D eigenvalue weighted by atomic mass is 16.5. The van der Waals surface area contributed by atoms with Crippen molar-refractivity contribution in [2.45, 2.75) is 58.5 Å². The van der Waals surface area contributed by atoms with Gasteiger partial charge in [0.2, 0.25) is 11.8 Å². The summed E-state index contributed by atoms with van der Waals surface area (Å²) < 4.78 is 5.46. The number of likely N-dealkylation sites (tertiary alicyclic amines) is 1. The van der Waals surface area contributed by atoms with Gasteiger partial charge in [-0.3, -0.25) is 9.69 Å². The van der Waals surface area contributed by atoms with Crippen LogP contribution in [-0.2, 0) is 17.8 Å². The number of aryl methyl sites for hydroxylation is 1. The monoisotopic (exact) mass is 370 g/mol. The van der Waals surface area contributed by atoms with Gasteiger partial charge in [0.15, 0.2) is 5.82 Å². The van der Waals surface area contributed by atoms with Crippen molar-refractivity contribution in [1.82, 2.24) is 20.4 Å². The zero-order valence-corrected chi connectivity index (χ0v) is 16.4. The topological polar surface area (TPSA) is 71.3 Å². The summed E-state index contributed by atoms with van der Waals surface area (Å²) in [6.07, 6.45) is 4.80. The third-order valence-corrected chi connectivity index (χ3v) is 5.35. The number of nitrogens with one attached hydrogen (secondary N) is 1. The lowest BCUT2D eigenvalue weighted by Crippen LogP contribution is -2.41. The molecule has 1 N–H and O–H groups in total. The number of nitrogens with zero attached hydrogens (tertiary/aromatic N) is 3.